The number of nitriles is 1. The van der Waals surface area contributed by atoms with Crippen LogP contribution in [0, 0.1) is 29.1 Å². The second-order valence-corrected chi connectivity index (χ2v) is 6.17. The van der Waals surface area contributed by atoms with Crippen molar-refractivity contribution >= 4 is 6.09 Å². The Morgan fingerprint density at radius 2 is 2.12 bits per heavy atom. The zero-order valence-corrected chi connectivity index (χ0v) is 10.7. The molecule has 0 spiro atoms. The number of carbonyl (C=O) groups excluding carboxylic acids is 1. The number of ether oxygens (including phenoxy) is 1. The van der Waals surface area contributed by atoms with Crippen molar-refractivity contribution in [3.8, 4) is 6.07 Å². The van der Waals surface area contributed by atoms with Crippen LogP contribution >= 0.6 is 0 Å². The van der Waals surface area contributed by atoms with E-state index in [4.69, 9.17) is 10.00 Å². The van der Waals surface area contributed by atoms with E-state index in [1.54, 1.807) is 0 Å². The molecule has 1 amide bonds. The Morgan fingerprint density at radius 1 is 1.41 bits per heavy atom. The second kappa shape index (κ2) is 4.21. The van der Waals surface area contributed by atoms with Gasteiger partial charge in [0.1, 0.15) is 5.60 Å². The predicted molar refractivity (Wildman–Crippen MR) is 63.1 cm³/mol. The molecule has 4 nitrogen and oxygen atoms in total. The van der Waals surface area contributed by atoms with E-state index in [1.807, 2.05) is 20.8 Å². The normalized spacial score (nSPS) is 34.7. The van der Waals surface area contributed by atoms with Crippen molar-refractivity contribution in [3.63, 3.8) is 0 Å². The lowest BCUT2D eigenvalue weighted by atomic mass is 9.99. The summed E-state index contributed by atoms with van der Waals surface area (Å²) >= 11 is 0. The monoisotopic (exact) mass is 236 g/mol. The highest BCUT2D eigenvalue weighted by Gasteiger charge is 2.54. The average molecular weight is 236 g/mol. The molecule has 0 aliphatic heterocycles. The minimum absolute atomic E-state index is 0.216. The Kier molecular flexibility index (Phi) is 3.03. The van der Waals surface area contributed by atoms with Crippen molar-refractivity contribution < 1.29 is 9.53 Å². The molecule has 2 saturated carbocycles. The van der Waals surface area contributed by atoms with E-state index in [-0.39, 0.29) is 12.1 Å². The number of hydrogen-bond donors (Lipinski definition) is 1. The molecular weight excluding hydrogens is 216 g/mol. The number of carbonyl (C=O) groups is 1. The van der Waals surface area contributed by atoms with Crippen LogP contribution in [0.4, 0.5) is 4.79 Å². The summed E-state index contributed by atoms with van der Waals surface area (Å²) in [6, 6.07) is 2.45. The molecular formula is C13H20N2O2. The zero-order chi connectivity index (χ0) is 12.6. The van der Waals surface area contributed by atoms with Gasteiger partial charge < -0.3 is 10.1 Å². The third kappa shape index (κ3) is 2.91. The van der Waals surface area contributed by atoms with Crippen LogP contribution in [0.2, 0.25) is 0 Å². The van der Waals surface area contributed by atoms with Gasteiger partial charge in [-0.1, -0.05) is 0 Å². The highest BCUT2D eigenvalue weighted by Crippen LogP contribution is 2.56. The molecule has 0 aromatic heterocycles. The second-order valence-electron chi connectivity index (χ2n) is 6.17. The van der Waals surface area contributed by atoms with Crippen molar-refractivity contribution in [2.45, 2.75) is 51.7 Å². The first kappa shape index (κ1) is 12.2. The lowest BCUT2D eigenvalue weighted by molar-refractivity contribution is 0.0498. The van der Waals surface area contributed by atoms with Gasteiger partial charge in [0.25, 0.3) is 0 Å². The molecule has 2 rings (SSSR count). The first-order valence-electron chi connectivity index (χ1n) is 6.27. The highest BCUT2D eigenvalue weighted by molar-refractivity contribution is 5.68. The molecule has 2 fully saturated rings. The number of rotatable bonds is 2. The van der Waals surface area contributed by atoms with Crippen molar-refractivity contribution in [3.05, 3.63) is 0 Å². The summed E-state index contributed by atoms with van der Waals surface area (Å²) in [5.74, 6) is 1.72. The quantitative estimate of drug-likeness (QED) is 0.801. The van der Waals surface area contributed by atoms with Gasteiger partial charge in [-0.25, -0.2) is 4.79 Å². The Labute approximate surface area is 102 Å². The van der Waals surface area contributed by atoms with Crippen LogP contribution in [0.25, 0.3) is 0 Å². The Hall–Kier alpha value is -1.24. The van der Waals surface area contributed by atoms with Crippen LogP contribution in [-0.2, 0) is 4.74 Å². The van der Waals surface area contributed by atoms with Gasteiger partial charge in [-0.2, -0.15) is 5.26 Å². The number of hydrogen-bond acceptors (Lipinski definition) is 3. The summed E-state index contributed by atoms with van der Waals surface area (Å²) in [5.41, 5.74) is -0.447. The molecule has 17 heavy (non-hydrogen) atoms. The van der Waals surface area contributed by atoms with Crippen molar-refractivity contribution in [1.29, 1.82) is 5.26 Å². The molecule has 4 atom stereocenters. The maximum absolute atomic E-state index is 11.6. The number of fused-ring (bicyclic) bond motifs is 1. The molecule has 94 valence electrons. The zero-order valence-electron chi connectivity index (χ0n) is 10.7. The number of nitrogens with zero attached hydrogens (tertiary/aromatic N) is 1. The maximum atomic E-state index is 11.6. The molecule has 0 radical (unpaired) electrons. The molecule has 3 unspecified atom stereocenters. The fraction of sp³-hybridized carbons (Fsp3) is 0.846. The third-order valence-corrected chi connectivity index (χ3v) is 3.63. The molecule has 2 aliphatic rings. The van der Waals surface area contributed by atoms with Gasteiger partial charge >= 0.3 is 6.09 Å². The van der Waals surface area contributed by atoms with Crippen LogP contribution in [0.1, 0.15) is 40.0 Å². The fourth-order valence-corrected chi connectivity index (χ4v) is 2.89. The van der Waals surface area contributed by atoms with E-state index < -0.39 is 5.60 Å². The molecule has 1 N–H and O–H groups in total. The average Bonchev–Trinajstić information content (AvgIpc) is 2.86. The van der Waals surface area contributed by atoms with Crippen molar-refractivity contribution in [1.82, 2.24) is 5.32 Å². The fourth-order valence-electron chi connectivity index (χ4n) is 2.89. The van der Waals surface area contributed by atoms with Gasteiger partial charge in [0.05, 0.1) is 6.07 Å². The molecule has 0 heterocycles. The van der Waals surface area contributed by atoms with E-state index in [0.29, 0.717) is 24.2 Å². The van der Waals surface area contributed by atoms with E-state index in [0.717, 1.165) is 12.8 Å². The molecule has 0 aromatic rings. The van der Waals surface area contributed by atoms with E-state index in [1.165, 1.54) is 0 Å². The summed E-state index contributed by atoms with van der Waals surface area (Å²) in [7, 11) is 0. The summed E-state index contributed by atoms with van der Waals surface area (Å²) in [4.78, 5) is 11.6. The largest absolute Gasteiger partial charge is 0.444 e. The smallest absolute Gasteiger partial charge is 0.407 e. The topological polar surface area (TPSA) is 62.1 Å². The van der Waals surface area contributed by atoms with Gasteiger partial charge in [0, 0.05) is 12.5 Å². The van der Waals surface area contributed by atoms with Crippen LogP contribution in [0.5, 0.6) is 0 Å². The van der Waals surface area contributed by atoms with E-state index >= 15 is 0 Å². The summed E-state index contributed by atoms with van der Waals surface area (Å²) < 4.78 is 5.25. The summed E-state index contributed by atoms with van der Waals surface area (Å²) in [6.07, 6.45) is 2.38. The van der Waals surface area contributed by atoms with Crippen molar-refractivity contribution in [2.75, 3.05) is 0 Å². The summed E-state index contributed by atoms with van der Waals surface area (Å²) in [6.45, 7) is 5.58. The Morgan fingerprint density at radius 3 is 2.71 bits per heavy atom. The number of nitrogens with one attached hydrogen (secondary N) is 1. The van der Waals surface area contributed by atoms with Crippen LogP contribution in [0.3, 0.4) is 0 Å². The molecule has 0 saturated heterocycles. The summed E-state index contributed by atoms with van der Waals surface area (Å²) in [5, 5.41) is 11.7. The highest BCUT2D eigenvalue weighted by atomic mass is 16.6. The van der Waals surface area contributed by atoms with Crippen LogP contribution in [-0.4, -0.2) is 17.7 Å². The lowest BCUT2D eigenvalue weighted by Gasteiger charge is -2.22. The Bertz CT molecular complexity index is 353. The van der Waals surface area contributed by atoms with Gasteiger partial charge in [-0.15, -0.1) is 0 Å². The molecule has 4 heteroatoms. The number of amides is 1. The first-order chi connectivity index (χ1) is 7.90. The lowest BCUT2D eigenvalue weighted by Crippen LogP contribution is -2.39. The van der Waals surface area contributed by atoms with Crippen molar-refractivity contribution in [2.24, 2.45) is 17.8 Å². The van der Waals surface area contributed by atoms with E-state index in [9.17, 15) is 4.79 Å². The van der Waals surface area contributed by atoms with Gasteiger partial charge in [0.2, 0.25) is 0 Å². The van der Waals surface area contributed by atoms with Crippen LogP contribution < -0.4 is 5.32 Å². The van der Waals surface area contributed by atoms with Gasteiger partial charge in [0.15, 0.2) is 0 Å². The predicted octanol–water partition coefficient (Wildman–Crippen LogP) is 2.45. The Balaban J connectivity index is 1.82. The molecule has 2 aliphatic carbocycles. The minimum Gasteiger partial charge on any atom is -0.444 e. The van der Waals surface area contributed by atoms with Gasteiger partial charge in [-0.3, -0.25) is 0 Å². The SMILES string of the molecule is CC(C)(C)OC(=O)NC1C[C@H](CC#N)C2CC12. The maximum Gasteiger partial charge on any atom is 0.407 e. The number of alkyl carbamates (subject to hydrolysis) is 1. The third-order valence-electron chi connectivity index (χ3n) is 3.63. The molecule has 0 bridgehead atoms. The van der Waals surface area contributed by atoms with Gasteiger partial charge in [-0.05, 0) is 51.4 Å². The molecule has 0 aromatic carbocycles. The van der Waals surface area contributed by atoms with Crippen LogP contribution in [0.15, 0.2) is 0 Å². The standard InChI is InChI=1S/C13H20N2O2/c1-13(2,3)17-12(16)15-11-6-8(4-5-14)9-7-10(9)11/h8-11H,4,6-7H2,1-3H3,(H,15,16)/t8-,9?,10?,11?/m0/s1. The first-order valence-corrected chi connectivity index (χ1v) is 6.27. The van der Waals surface area contributed by atoms with E-state index in [2.05, 4.69) is 11.4 Å². The minimum atomic E-state index is -0.447.